The molecule has 128 valence electrons. The fourth-order valence-corrected chi connectivity index (χ4v) is 3.36. The summed E-state index contributed by atoms with van der Waals surface area (Å²) in [6, 6.07) is 14.1. The van der Waals surface area contributed by atoms with E-state index in [1.54, 1.807) is 30.3 Å². The molecule has 2 amide bonds. The lowest BCUT2D eigenvalue weighted by atomic mass is 10.2. The van der Waals surface area contributed by atoms with Gasteiger partial charge in [-0.1, -0.05) is 36.7 Å². The highest BCUT2D eigenvalue weighted by Crippen LogP contribution is 2.36. The molecule has 0 spiro atoms. The maximum Gasteiger partial charge on any atom is 0.298 e. The van der Waals surface area contributed by atoms with Crippen LogP contribution in [0.5, 0.6) is 5.75 Å². The molecule has 2 aromatic carbocycles. The van der Waals surface area contributed by atoms with Gasteiger partial charge in [-0.05, 0) is 60.2 Å². The highest BCUT2D eigenvalue weighted by Gasteiger charge is 2.36. The predicted octanol–water partition coefficient (Wildman–Crippen LogP) is 5.37. The smallest absolute Gasteiger partial charge is 0.298 e. The first-order valence-corrected chi connectivity index (χ1v) is 9.04. The maximum absolute atomic E-state index is 12.6. The van der Waals surface area contributed by atoms with Crippen molar-refractivity contribution in [1.82, 2.24) is 0 Å². The molecule has 0 aromatic heterocycles. The lowest BCUT2D eigenvalue weighted by molar-refractivity contribution is -0.113. The van der Waals surface area contributed by atoms with Crippen LogP contribution >= 0.6 is 23.4 Å². The molecule has 1 heterocycles. The molecule has 0 atom stereocenters. The summed E-state index contributed by atoms with van der Waals surface area (Å²) in [5.74, 6) is 0.439. The third-order valence-corrected chi connectivity index (χ3v) is 4.62. The van der Waals surface area contributed by atoms with Crippen LogP contribution in [-0.4, -0.2) is 17.8 Å². The maximum atomic E-state index is 12.6. The lowest BCUT2D eigenvalue weighted by Gasteiger charge is -2.12. The molecule has 1 fully saturated rings. The molecule has 0 saturated carbocycles. The van der Waals surface area contributed by atoms with E-state index in [1.165, 1.54) is 0 Å². The summed E-state index contributed by atoms with van der Waals surface area (Å²) < 4.78 is 5.54. The number of nitrogens with zero attached hydrogens (tertiary/aromatic N) is 1. The van der Waals surface area contributed by atoms with Gasteiger partial charge in [0.2, 0.25) is 0 Å². The van der Waals surface area contributed by atoms with Crippen LogP contribution in [0.1, 0.15) is 18.9 Å². The van der Waals surface area contributed by atoms with Crippen molar-refractivity contribution >= 4 is 46.3 Å². The second-order valence-electron chi connectivity index (χ2n) is 5.41. The van der Waals surface area contributed by atoms with Gasteiger partial charge >= 0.3 is 0 Å². The van der Waals surface area contributed by atoms with E-state index in [0.717, 1.165) is 34.4 Å². The van der Waals surface area contributed by atoms with Crippen LogP contribution in [0, 0.1) is 0 Å². The van der Waals surface area contributed by atoms with Crippen LogP contribution in [0.2, 0.25) is 5.02 Å². The minimum atomic E-state index is -0.344. The zero-order valence-corrected chi connectivity index (χ0v) is 15.1. The van der Waals surface area contributed by atoms with Gasteiger partial charge in [-0.15, -0.1) is 0 Å². The first kappa shape index (κ1) is 17.6. The van der Waals surface area contributed by atoms with Crippen LogP contribution in [0.3, 0.4) is 0 Å². The number of hydrogen-bond acceptors (Lipinski definition) is 4. The SMILES string of the molecule is CCCOc1ccc(/C=C2/SC(=O)N(c3cccc(Cl)c3)C2=O)cc1. The Balaban J connectivity index is 1.80. The Kier molecular flexibility index (Phi) is 5.46. The van der Waals surface area contributed by atoms with Crippen LogP contribution < -0.4 is 9.64 Å². The summed E-state index contributed by atoms with van der Waals surface area (Å²) in [4.78, 5) is 26.3. The molecule has 6 heteroatoms. The van der Waals surface area contributed by atoms with Crippen molar-refractivity contribution in [3.05, 3.63) is 64.0 Å². The molecule has 3 rings (SSSR count). The average Bonchev–Trinajstić information content (AvgIpc) is 2.88. The number of ether oxygens (including phenoxy) is 1. The zero-order valence-electron chi connectivity index (χ0n) is 13.6. The third kappa shape index (κ3) is 4.06. The van der Waals surface area contributed by atoms with Gasteiger partial charge in [0.1, 0.15) is 5.75 Å². The lowest BCUT2D eigenvalue weighted by Crippen LogP contribution is -2.27. The van der Waals surface area contributed by atoms with E-state index in [2.05, 4.69) is 0 Å². The van der Waals surface area contributed by atoms with Gasteiger partial charge in [-0.3, -0.25) is 9.59 Å². The van der Waals surface area contributed by atoms with Crippen LogP contribution in [0.15, 0.2) is 53.4 Å². The van der Waals surface area contributed by atoms with Crippen molar-refractivity contribution in [1.29, 1.82) is 0 Å². The number of halogens is 1. The monoisotopic (exact) mass is 373 g/mol. The Labute approximate surface area is 155 Å². The average molecular weight is 374 g/mol. The second-order valence-corrected chi connectivity index (χ2v) is 6.84. The largest absolute Gasteiger partial charge is 0.494 e. The third-order valence-electron chi connectivity index (χ3n) is 3.51. The topological polar surface area (TPSA) is 46.6 Å². The van der Waals surface area contributed by atoms with Gasteiger partial charge in [0.25, 0.3) is 11.1 Å². The standard InChI is InChI=1S/C19H16ClNO3S/c1-2-10-24-16-8-6-13(7-9-16)11-17-18(22)21(19(23)25-17)15-5-3-4-14(20)12-15/h3-9,11-12H,2,10H2,1H3/b17-11+. The van der Waals surface area contributed by atoms with Crippen molar-refractivity contribution < 1.29 is 14.3 Å². The van der Waals surface area contributed by atoms with Gasteiger partial charge in [0, 0.05) is 5.02 Å². The molecule has 0 unspecified atom stereocenters. The summed E-state index contributed by atoms with van der Waals surface area (Å²) in [6.45, 7) is 2.71. The molecule has 0 N–H and O–H groups in total. The van der Waals surface area contributed by atoms with E-state index in [-0.39, 0.29) is 11.1 Å². The van der Waals surface area contributed by atoms with E-state index in [1.807, 2.05) is 31.2 Å². The fraction of sp³-hybridized carbons (Fsp3) is 0.158. The highest BCUT2D eigenvalue weighted by molar-refractivity contribution is 8.19. The van der Waals surface area contributed by atoms with Crippen molar-refractivity contribution in [2.24, 2.45) is 0 Å². The van der Waals surface area contributed by atoms with E-state index in [0.29, 0.717) is 22.2 Å². The number of anilines is 1. The van der Waals surface area contributed by atoms with Crippen molar-refractivity contribution in [3.8, 4) is 5.75 Å². The highest BCUT2D eigenvalue weighted by atomic mass is 35.5. The summed E-state index contributed by atoms with van der Waals surface area (Å²) in [5.41, 5.74) is 1.31. The van der Waals surface area contributed by atoms with Crippen LogP contribution in [0.4, 0.5) is 10.5 Å². The van der Waals surface area contributed by atoms with E-state index >= 15 is 0 Å². The molecule has 1 saturated heterocycles. The first-order chi connectivity index (χ1) is 12.1. The number of carbonyl (C=O) groups is 2. The Morgan fingerprint density at radius 2 is 1.92 bits per heavy atom. The normalized spacial score (nSPS) is 15.9. The number of hydrogen-bond donors (Lipinski definition) is 0. The van der Waals surface area contributed by atoms with Gasteiger partial charge in [0.05, 0.1) is 17.2 Å². The molecule has 0 radical (unpaired) electrons. The molecule has 1 aliphatic rings. The molecule has 1 aliphatic heterocycles. The Morgan fingerprint density at radius 1 is 1.16 bits per heavy atom. The molecular formula is C19H16ClNO3S. The number of rotatable bonds is 5. The van der Waals surface area contributed by atoms with Crippen molar-refractivity contribution in [3.63, 3.8) is 0 Å². The predicted molar refractivity (Wildman–Crippen MR) is 102 cm³/mol. The van der Waals surface area contributed by atoms with Crippen LogP contribution in [0.25, 0.3) is 6.08 Å². The van der Waals surface area contributed by atoms with E-state index in [4.69, 9.17) is 16.3 Å². The summed E-state index contributed by atoms with van der Waals surface area (Å²) in [7, 11) is 0. The molecule has 4 nitrogen and oxygen atoms in total. The Morgan fingerprint density at radius 3 is 2.60 bits per heavy atom. The fourth-order valence-electron chi connectivity index (χ4n) is 2.34. The summed E-state index contributed by atoms with van der Waals surface area (Å²) in [5, 5.41) is 0.143. The molecule has 0 bridgehead atoms. The Hall–Kier alpha value is -2.24. The number of benzene rings is 2. The minimum absolute atomic E-state index is 0.332. The molecular weight excluding hydrogens is 358 g/mol. The number of amides is 2. The van der Waals surface area contributed by atoms with Gasteiger partial charge in [-0.2, -0.15) is 0 Å². The van der Waals surface area contributed by atoms with E-state index < -0.39 is 0 Å². The van der Waals surface area contributed by atoms with E-state index in [9.17, 15) is 9.59 Å². The molecule has 0 aliphatic carbocycles. The number of imide groups is 1. The second kappa shape index (κ2) is 7.76. The van der Waals surface area contributed by atoms with Gasteiger partial charge < -0.3 is 4.74 Å². The van der Waals surface area contributed by atoms with Gasteiger partial charge in [0.15, 0.2) is 0 Å². The van der Waals surface area contributed by atoms with Crippen molar-refractivity contribution in [2.75, 3.05) is 11.5 Å². The minimum Gasteiger partial charge on any atom is -0.494 e. The quantitative estimate of drug-likeness (QED) is 0.661. The number of thioether (sulfide) groups is 1. The first-order valence-electron chi connectivity index (χ1n) is 7.85. The zero-order chi connectivity index (χ0) is 17.8. The molecule has 2 aromatic rings. The summed E-state index contributed by atoms with van der Waals surface area (Å²) in [6.07, 6.45) is 2.65. The Bertz CT molecular complexity index is 833. The summed E-state index contributed by atoms with van der Waals surface area (Å²) >= 11 is 6.87. The molecule has 25 heavy (non-hydrogen) atoms. The van der Waals surface area contributed by atoms with Gasteiger partial charge in [-0.25, -0.2) is 4.90 Å². The number of carbonyl (C=O) groups excluding carboxylic acids is 2. The van der Waals surface area contributed by atoms with Crippen molar-refractivity contribution in [2.45, 2.75) is 13.3 Å². The van der Waals surface area contributed by atoms with Crippen LogP contribution in [-0.2, 0) is 4.79 Å².